The summed E-state index contributed by atoms with van der Waals surface area (Å²) in [6.07, 6.45) is -19.8. The van der Waals surface area contributed by atoms with Crippen LogP contribution in [0.3, 0.4) is 0 Å². The summed E-state index contributed by atoms with van der Waals surface area (Å²) in [6, 6.07) is 7.82. The van der Waals surface area contributed by atoms with Crippen molar-refractivity contribution in [2.45, 2.75) is 123 Å². The van der Waals surface area contributed by atoms with Crippen LogP contribution in [0.15, 0.2) is 36.4 Å². The summed E-state index contributed by atoms with van der Waals surface area (Å²) in [5.41, 5.74) is 35.6. The summed E-state index contributed by atoms with van der Waals surface area (Å²) >= 11 is 0. The van der Waals surface area contributed by atoms with Gasteiger partial charge in [0.2, 0.25) is 0 Å². The molecule has 276 valence electrons. The number of nitrogens with two attached hydrogens (primary N) is 6. The van der Waals surface area contributed by atoms with Gasteiger partial charge in [0.15, 0.2) is 18.9 Å². The van der Waals surface area contributed by atoms with Crippen molar-refractivity contribution in [3.05, 3.63) is 36.4 Å². The number of hydrogen-bond acceptors (Lipinski definition) is 19. The Labute approximate surface area is 277 Å². The van der Waals surface area contributed by atoms with Crippen LogP contribution < -0.4 is 34.4 Å². The van der Waals surface area contributed by atoms with E-state index in [-0.39, 0.29) is 19.5 Å². The molecule has 19 heteroatoms. The van der Waals surface area contributed by atoms with Gasteiger partial charge in [-0.05, 0) is 6.42 Å². The van der Waals surface area contributed by atoms with Gasteiger partial charge in [0.25, 0.3) is 0 Å². The van der Waals surface area contributed by atoms with Crippen molar-refractivity contribution in [2.24, 2.45) is 34.4 Å². The molecule has 19 nitrogen and oxygen atoms in total. The lowest BCUT2D eigenvalue weighted by atomic mass is 9.84. The molecule has 19 N–H and O–H groups in total. The van der Waals surface area contributed by atoms with Crippen molar-refractivity contribution in [3.63, 3.8) is 0 Å². The molecule has 3 aliphatic heterocycles. The molecule has 1 aliphatic carbocycles. The van der Waals surface area contributed by atoms with E-state index in [1.165, 1.54) is 0 Å². The molecule has 3 heterocycles. The van der Waals surface area contributed by atoms with Crippen LogP contribution in [0.25, 0.3) is 0 Å². The van der Waals surface area contributed by atoms with Crippen LogP contribution in [-0.4, -0.2) is 172 Å². The zero-order valence-corrected chi connectivity index (χ0v) is 26.3. The third-order valence-corrected chi connectivity index (χ3v) is 9.04. The third-order valence-electron chi connectivity index (χ3n) is 9.04. The largest absolute Gasteiger partial charge is 0.394 e. The molecule has 1 aromatic rings. The van der Waals surface area contributed by atoms with Gasteiger partial charge >= 0.3 is 0 Å². The van der Waals surface area contributed by atoms with E-state index in [1.807, 2.05) is 36.4 Å². The first-order valence-corrected chi connectivity index (χ1v) is 15.9. The normalized spacial score (nSPS) is 48.1. The standard InChI is InChI=1S/C23H46N6O13.C6H6/c24-2-7-13(32)15(34)10(28)21(37-7)40-18-6(27)1-5(26)12(31)20(18)42-23-17(36)19(9(4-30)39-23)41-22-11(29)16(35)14(33)8(3-25)38-22;1-2-4-6-5-3-1/h5-23,30-36H,1-4,24-29H2;1-6H/t5-,6+,7-,8+,9-,10-,11-,12+,13-,14-,15-,16-,17-,18-,19-,20-,21-,22-,23+;/m1./s1. The average Bonchev–Trinajstić information content (AvgIpc) is 3.39. The van der Waals surface area contributed by atoms with Gasteiger partial charge < -0.3 is 98.6 Å². The molecule has 0 spiro atoms. The first-order chi connectivity index (χ1) is 22.8. The second-order valence-corrected chi connectivity index (χ2v) is 12.4. The summed E-state index contributed by atoms with van der Waals surface area (Å²) in [5, 5.41) is 73.0. The van der Waals surface area contributed by atoms with Crippen molar-refractivity contribution in [3.8, 4) is 0 Å². The summed E-state index contributed by atoms with van der Waals surface area (Å²) in [5.74, 6) is 0. The molecule has 0 aromatic heterocycles. The van der Waals surface area contributed by atoms with Gasteiger partial charge in [-0.3, -0.25) is 0 Å². The molecule has 1 saturated carbocycles. The maximum atomic E-state index is 11.1. The molecule has 0 amide bonds. The molecular formula is C29H52N6O13. The monoisotopic (exact) mass is 692 g/mol. The Kier molecular flexibility index (Phi) is 14.4. The first-order valence-electron chi connectivity index (χ1n) is 15.9. The first kappa shape index (κ1) is 39.2. The number of aliphatic hydroxyl groups is 7. The van der Waals surface area contributed by atoms with E-state index in [1.54, 1.807) is 0 Å². The van der Waals surface area contributed by atoms with E-state index in [4.69, 9.17) is 62.8 Å². The number of benzene rings is 1. The molecule has 3 saturated heterocycles. The quantitative estimate of drug-likeness (QED) is 0.114. The minimum Gasteiger partial charge on any atom is -0.394 e. The minimum atomic E-state index is -1.60. The molecule has 19 atom stereocenters. The highest BCUT2D eigenvalue weighted by Gasteiger charge is 2.54. The number of ether oxygens (including phenoxy) is 6. The minimum absolute atomic E-state index is 0.0889. The van der Waals surface area contributed by atoms with E-state index < -0.39 is 123 Å². The Bertz CT molecular complexity index is 1060. The highest BCUT2D eigenvalue weighted by atomic mass is 16.8. The van der Waals surface area contributed by atoms with E-state index in [2.05, 4.69) is 0 Å². The Balaban J connectivity index is 0.000000780. The molecule has 5 rings (SSSR count). The van der Waals surface area contributed by atoms with Gasteiger partial charge in [0.05, 0.1) is 24.8 Å². The van der Waals surface area contributed by atoms with Gasteiger partial charge in [-0.25, -0.2) is 0 Å². The van der Waals surface area contributed by atoms with E-state index >= 15 is 0 Å². The van der Waals surface area contributed by atoms with Crippen molar-refractivity contribution in [1.29, 1.82) is 0 Å². The van der Waals surface area contributed by atoms with Crippen LogP contribution in [0.5, 0.6) is 0 Å². The predicted molar refractivity (Wildman–Crippen MR) is 165 cm³/mol. The molecule has 0 bridgehead atoms. The van der Waals surface area contributed by atoms with Crippen LogP contribution in [-0.2, 0) is 28.4 Å². The van der Waals surface area contributed by atoms with Gasteiger partial charge in [-0.15, -0.1) is 0 Å². The lowest BCUT2D eigenvalue weighted by molar-refractivity contribution is -0.306. The van der Waals surface area contributed by atoms with Gasteiger partial charge in [-0.1, -0.05) is 36.4 Å². The van der Waals surface area contributed by atoms with Crippen LogP contribution in [0.4, 0.5) is 0 Å². The van der Waals surface area contributed by atoms with Gasteiger partial charge in [0, 0.05) is 25.2 Å². The summed E-state index contributed by atoms with van der Waals surface area (Å²) < 4.78 is 34.6. The molecule has 0 unspecified atom stereocenters. The van der Waals surface area contributed by atoms with E-state index in [0.717, 1.165) is 0 Å². The lowest BCUT2D eigenvalue weighted by Gasteiger charge is -2.47. The Morgan fingerprint density at radius 2 is 0.917 bits per heavy atom. The SMILES string of the molecule is NC[C@@H]1O[C@H](O[C@H]2[C@@H](O)[C@H](O[C@@H]3[C@@H](O)[C@H](N)C[C@H](N)[C@H]3O[C@H]3O[C@H](CN)[C@@H](O)[C@H](O)[C@H]3N)O[C@@H]2CO)[C@H](N)[C@@H](O)[C@@H]1O.c1ccccc1. The number of aliphatic hydroxyl groups excluding tert-OH is 7. The van der Waals surface area contributed by atoms with Crippen molar-refractivity contribution < 1.29 is 64.2 Å². The fraction of sp³-hybridized carbons (Fsp3) is 0.793. The van der Waals surface area contributed by atoms with Crippen molar-refractivity contribution in [2.75, 3.05) is 19.7 Å². The van der Waals surface area contributed by atoms with E-state index in [0.29, 0.717) is 0 Å². The van der Waals surface area contributed by atoms with Crippen LogP contribution in [0.2, 0.25) is 0 Å². The highest BCUT2D eigenvalue weighted by molar-refractivity contribution is 5.02. The van der Waals surface area contributed by atoms with Crippen molar-refractivity contribution in [1.82, 2.24) is 0 Å². The van der Waals surface area contributed by atoms with Gasteiger partial charge in [-0.2, -0.15) is 0 Å². The molecule has 48 heavy (non-hydrogen) atoms. The summed E-state index contributed by atoms with van der Waals surface area (Å²) in [7, 11) is 0. The summed E-state index contributed by atoms with van der Waals surface area (Å²) in [4.78, 5) is 0. The Hall–Kier alpha value is -1.54. The van der Waals surface area contributed by atoms with Crippen LogP contribution in [0.1, 0.15) is 6.42 Å². The summed E-state index contributed by atoms with van der Waals surface area (Å²) in [6.45, 7) is -0.967. The molecule has 0 radical (unpaired) electrons. The Morgan fingerprint density at radius 1 is 0.500 bits per heavy atom. The smallest absolute Gasteiger partial charge is 0.187 e. The fourth-order valence-electron chi connectivity index (χ4n) is 6.13. The molecule has 1 aromatic carbocycles. The topological polar surface area (TPSA) is 353 Å². The number of hydrogen-bond donors (Lipinski definition) is 13. The second kappa shape index (κ2) is 17.6. The third kappa shape index (κ3) is 8.66. The Morgan fingerprint density at radius 3 is 1.35 bits per heavy atom. The average molecular weight is 693 g/mol. The number of rotatable bonds is 9. The van der Waals surface area contributed by atoms with E-state index in [9.17, 15) is 35.7 Å². The zero-order chi connectivity index (χ0) is 35.3. The molecule has 4 fully saturated rings. The maximum Gasteiger partial charge on any atom is 0.187 e. The van der Waals surface area contributed by atoms with Crippen LogP contribution in [0, 0.1) is 0 Å². The predicted octanol–water partition coefficient (Wildman–Crippen LogP) is -7.21. The highest BCUT2D eigenvalue weighted by Crippen LogP contribution is 2.34. The molecular weight excluding hydrogens is 640 g/mol. The zero-order valence-electron chi connectivity index (χ0n) is 26.3. The second-order valence-electron chi connectivity index (χ2n) is 12.4. The van der Waals surface area contributed by atoms with Crippen LogP contribution >= 0.6 is 0 Å². The van der Waals surface area contributed by atoms with Gasteiger partial charge in [0.1, 0.15) is 67.1 Å². The van der Waals surface area contributed by atoms with Crippen molar-refractivity contribution >= 4 is 0 Å². The lowest BCUT2D eigenvalue weighted by Crippen LogP contribution is -2.68. The maximum absolute atomic E-state index is 11.1. The fourth-order valence-corrected chi connectivity index (χ4v) is 6.13. The molecule has 4 aliphatic rings.